The molecule has 27 heavy (non-hydrogen) atoms. The standard InChI is InChI=1S/C21H23IN2O3/c1-12(2)27-19-9-8-14(22)10-16(19)21(26)24-20(25)13(3)17-11-23-18-7-5-4-6-15(17)18/h4-13,20,23,25H,1-3H3,(H,24,26)/t13-,20?/m1/s1. The number of carbonyl (C=O) groups is 1. The minimum absolute atomic E-state index is 0.0494. The number of aliphatic hydroxyl groups is 1. The quantitative estimate of drug-likeness (QED) is 0.363. The molecule has 1 amide bonds. The van der Waals surface area contributed by atoms with E-state index in [4.69, 9.17) is 4.74 Å². The number of amides is 1. The zero-order chi connectivity index (χ0) is 19.6. The average molecular weight is 478 g/mol. The van der Waals surface area contributed by atoms with Crippen molar-refractivity contribution in [3.05, 3.63) is 63.4 Å². The van der Waals surface area contributed by atoms with E-state index in [1.165, 1.54) is 0 Å². The molecule has 0 saturated carbocycles. The Morgan fingerprint density at radius 1 is 1.19 bits per heavy atom. The Bertz CT molecular complexity index is 952. The van der Waals surface area contributed by atoms with Crippen LogP contribution in [0.3, 0.4) is 0 Å². The van der Waals surface area contributed by atoms with Crippen LogP contribution in [0.1, 0.15) is 42.6 Å². The highest BCUT2D eigenvalue weighted by Crippen LogP contribution is 2.28. The zero-order valence-electron chi connectivity index (χ0n) is 15.5. The number of nitrogens with one attached hydrogen (secondary N) is 2. The van der Waals surface area contributed by atoms with E-state index in [2.05, 4.69) is 32.9 Å². The molecular formula is C21H23IN2O3. The largest absolute Gasteiger partial charge is 0.490 e. The summed E-state index contributed by atoms with van der Waals surface area (Å²) in [5, 5.41) is 14.4. The number of para-hydroxylation sites is 1. The second-order valence-corrected chi connectivity index (χ2v) is 8.05. The Hall–Kier alpha value is -2.06. The average Bonchev–Trinajstić information content (AvgIpc) is 3.06. The Morgan fingerprint density at radius 2 is 1.93 bits per heavy atom. The van der Waals surface area contributed by atoms with E-state index in [0.717, 1.165) is 20.0 Å². The molecule has 0 aliphatic rings. The number of hydrogen-bond donors (Lipinski definition) is 3. The summed E-state index contributed by atoms with van der Waals surface area (Å²) in [4.78, 5) is 16.0. The van der Waals surface area contributed by atoms with Crippen molar-refractivity contribution in [3.8, 4) is 5.75 Å². The van der Waals surface area contributed by atoms with Crippen LogP contribution in [-0.4, -0.2) is 28.3 Å². The maximum atomic E-state index is 12.8. The number of carbonyl (C=O) groups excluding carboxylic acids is 1. The first-order valence-electron chi connectivity index (χ1n) is 8.88. The molecule has 5 nitrogen and oxygen atoms in total. The molecular weight excluding hydrogens is 455 g/mol. The third kappa shape index (κ3) is 4.44. The third-order valence-corrected chi connectivity index (χ3v) is 5.08. The van der Waals surface area contributed by atoms with E-state index >= 15 is 0 Å². The summed E-state index contributed by atoms with van der Waals surface area (Å²) in [5.41, 5.74) is 2.38. The number of aromatic nitrogens is 1. The van der Waals surface area contributed by atoms with Crippen LogP contribution < -0.4 is 10.1 Å². The molecule has 1 heterocycles. The van der Waals surface area contributed by atoms with Crippen LogP contribution in [-0.2, 0) is 0 Å². The van der Waals surface area contributed by atoms with E-state index in [9.17, 15) is 9.90 Å². The van der Waals surface area contributed by atoms with Gasteiger partial charge in [0, 0.05) is 26.6 Å². The maximum absolute atomic E-state index is 12.8. The van der Waals surface area contributed by atoms with Gasteiger partial charge in [-0.25, -0.2) is 0 Å². The van der Waals surface area contributed by atoms with Crippen LogP contribution in [0.4, 0.5) is 0 Å². The second kappa shape index (κ2) is 8.31. The Labute approximate surface area is 172 Å². The number of ether oxygens (including phenoxy) is 1. The van der Waals surface area contributed by atoms with Gasteiger partial charge < -0.3 is 20.1 Å². The van der Waals surface area contributed by atoms with Gasteiger partial charge in [0.2, 0.25) is 0 Å². The van der Waals surface area contributed by atoms with Gasteiger partial charge in [-0.3, -0.25) is 4.79 Å². The number of halogens is 1. The highest BCUT2D eigenvalue weighted by molar-refractivity contribution is 14.1. The van der Waals surface area contributed by atoms with Gasteiger partial charge in [0.25, 0.3) is 5.91 Å². The van der Waals surface area contributed by atoms with Gasteiger partial charge in [-0.05, 0) is 66.3 Å². The minimum atomic E-state index is -1.03. The summed E-state index contributed by atoms with van der Waals surface area (Å²) in [5.74, 6) is -0.124. The predicted octanol–water partition coefficient (Wildman–Crippen LogP) is 4.41. The van der Waals surface area contributed by atoms with Gasteiger partial charge >= 0.3 is 0 Å². The summed E-state index contributed by atoms with van der Waals surface area (Å²) in [6, 6.07) is 13.3. The summed E-state index contributed by atoms with van der Waals surface area (Å²) < 4.78 is 6.67. The Balaban J connectivity index is 1.80. The smallest absolute Gasteiger partial charge is 0.257 e. The van der Waals surface area contributed by atoms with Gasteiger partial charge in [0.15, 0.2) is 0 Å². The molecule has 0 aliphatic carbocycles. The monoisotopic (exact) mass is 478 g/mol. The highest BCUT2D eigenvalue weighted by atomic mass is 127. The van der Waals surface area contributed by atoms with Gasteiger partial charge in [-0.1, -0.05) is 25.1 Å². The predicted molar refractivity (Wildman–Crippen MR) is 115 cm³/mol. The summed E-state index contributed by atoms with van der Waals surface area (Å²) in [7, 11) is 0. The molecule has 142 valence electrons. The van der Waals surface area contributed by atoms with Crippen molar-refractivity contribution in [2.24, 2.45) is 0 Å². The molecule has 6 heteroatoms. The minimum Gasteiger partial charge on any atom is -0.490 e. The van der Waals surface area contributed by atoms with E-state index in [0.29, 0.717) is 11.3 Å². The molecule has 0 radical (unpaired) electrons. The fourth-order valence-corrected chi connectivity index (χ4v) is 3.51. The molecule has 0 saturated heterocycles. The van der Waals surface area contributed by atoms with Crippen LogP contribution in [0, 0.1) is 3.57 Å². The number of benzene rings is 2. The fraction of sp³-hybridized carbons (Fsp3) is 0.286. The lowest BCUT2D eigenvalue weighted by Gasteiger charge is -2.21. The molecule has 1 aromatic heterocycles. The van der Waals surface area contributed by atoms with E-state index in [-0.39, 0.29) is 17.9 Å². The van der Waals surface area contributed by atoms with Crippen molar-refractivity contribution in [3.63, 3.8) is 0 Å². The first-order chi connectivity index (χ1) is 12.9. The topological polar surface area (TPSA) is 74.3 Å². The van der Waals surface area contributed by atoms with Crippen molar-refractivity contribution < 1.29 is 14.6 Å². The van der Waals surface area contributed by atoms with Gasteiger partial charge in [0.05, 0.1) is 11.7 Å². The van der Waals surface area contributed by atoms with Crippen molar-refractivity contribution >= 4 is 39.4 Å². The number of aromatic amines is 1. The lowest BCUT2D eigenvalue weighted by atomic mass is 9.98. The van der Waals surface area contributed by atoms with E-state index in [1.807, 2.05) is 57.3 Å². The molecule has 3 aromatic rings. The van der Waals surface area contributed by atoms with Crippen LogP contribution in [0.2, 0.25) is 0 Å². The number of hydrogen-bond acceptors (Lipinski definition) is 3. The van der Waals surface area contributed by atoms with Crippen LogP contribution >= 0.6 is 22.6 Å². The van der Waals surface area contributed by atoms with Crippen LogP contribution in [0.5, 0.6) is 5.75 Å². The molecule has 3 rings (SSSR count). The number of rotatable bonds is 6. The summed E-state index contributed by atoms with van der Waals surface area (Å²) in [6.45, 7) is 5.71. The molecule has 0 spiro atoms. The molecule has 3 N–H and O–H groups in total. The summed E-state index contributed by atoms with van der Waals surface area (Å²) >= 11 is 2.15. The second-order valence-electron chi connectivity index (χ2n) is 6.80. The SMILES string of the molecule is CC(C)Oc1ccc(I)cc1C(=O)NC(O)[C@H](C)c1c[nH]c2ccccc12. The Kier molecular flexibility index (Phi) is 6.06. The van der Waals surface area contributed by atoms with Crippen molar-refractivity contribution in [2.45, 2.75) is 39.0 Å². The van der Waals surface area contributed by atoms with E-state index < -0.39 is 6.23 Å². The van der Waals surface area contributed by atoms with Gasteiger partial charge in [-0.15, -0.1) is 0 Å². The van der Waals surface area contributed by atoms with Crippen molar-refractivity contribution in [2.75, 3.05) is 0 Å². The van der Waals surface area contributed by atoms with Gasteiger partial charge in [-0.2, -0.15) is 0 Å². The fourth-order valence-electron chi connectivity index (χ4n) is 3.01. The van der Waals surface area contributed by atoms with Crippen molar-refractivity contribution in [1.29, 1.82) is 0 Å². The number of H-pyrrole nitrogens is 1. The molecule has 0 bridgehead atoms. The normalized spacial score (nSPS) is 13.6. The maximum Gasteiger partial charge on any atom is 0.257 e. The lowest BCUT2D eigenvalue weighted by Crippen LogP contribution is -2.38. The van der Waals surface area contributed by atoms with Gasteiger partial charge in [0.1, 0.15) is 12.0 Å². The molecule has 1 unspecified atom stereocenters. The third-order valence-electron chi connectivity index (χ3n) is 4.41. The first kappa shape index (κ1) is 19.7. The molecule has 2 atom stereocenters. The molecule has 0 aliphatic heterocycles. The highest BCUT2D eigenvalue weighted by Gasteiger charge is 2.23. The van der Waals surface area contributed by atoms with Crippen LogP contribution in [0.15, 0.2) is 48.7 Å². The zero-order valence-corrected chi connectivity index (χ0v) is 17.7. The lowest BCUT2D eigenvalue weighted by molar-refractivity contribution is 0.0723. The van der Waals surface area contributed by atoms with Crippen molar-refractivity contribution in [1.82, 2.24) is 10.3 Å². The molecule has 0 fully saturated rings. The van der Waals surface area contributed by atoms with E-state index in [1.54, 1.807) is 12.1 Å². The molecule has 2 aromatic carbocycles. The Morgan fingerprint density at radius 3 is 2.67 bits per heavy atom. The number of aliphatic hydroxyl groups excluding tert-OH is 1. The summed E-state index contributed by atoms with van der Waals surface area (Å²) in [6.07, 6.45) is 0.803. The number of fused-ring (bicyclic) bond motifs is 1. The van der Waals surface area contributed by atoms with Crippen LogP contribution in [0.25, 0.3) is 10.9 Å². The first-order valence-corrected chi connectivity index (χ1v) is 9.96.